The molecule has 2 rings (SSSR count). The predicted molar refractivity (Wildman–Crippen MR) is 77.1 cm³/mol. The molecule has 0 bridgehead atoms. The summed E-state index contributed by atoms with van der Waals surface area (Å²) in [4.78, 5) is 12.7. The van der Waals surface area contributed by atoms with Crippen LogP contribution >= 0.6 is 0 Å². The van der Waals surface area contributed by atoms with Gasteiger partial charge in [0.15, 0.2) is 4.90 Å². The summed E-state index contributed by atoms with van der Waals surface area (Å²) in [5.41, 5.74) is -0.779. The first-order chi connectivity index (χ1) is 8.74. The summed E-state index contributed by atoms with van der Waals surface area (Å²) in [7, 11) is 0. The van der Waals surface area contributed by atoms with Crippen LogP contribution in [-0.4, -0.2) is 25.7 Å². The van der Waals surface area contributed by atoms with E-state index in [4.69, 9.17) is 0 Å². The minimum atomic E-state index is -1.24. The van der Waals surface area contributed by atoms with Gasteiger partial charge < -0.3 is 4.55 Å². The van der Waals surface area contributed by atoms with Crippen LogP contribution in [0.2, 0.25) is 0 Å². The number of benzene rings is 1. The van der Waals surface area contributed by atoms with E-state index in [0.29, 0.717) is 12.8 Å². The quantitative estimate of drug-likeness (QED) is 0.782. The van der Waals surface area contributed by atoms with E-state index in [2.05, 4.69) is 0 Å². The summed E-state index contributed by atoms with van der Waals surface area (Å²) in [5.74, 6) is 0.247. The lowest BCUT2D eigenvalue weighted by molar-refractivity contribution is -0.128. The molecule has 3 nitrogen and oxygen atoms in total. The second kappa shape index (κ2) is 4.93. The highest BCUT2D eigenvalue weighted by atomic mass is 32.2. The predicted octanol–water partition coefficient (Wildman–Crippen LogP) is 2.93. The van der Waals surface area contributed by atoms with Gasteiger partial charge in [-0.05, 0) is 39.8 Å². The van der Waals surface area contributed by atoms with E-state index in [1.54, 1.807) is 0 Å². The number of ketones is 1. The molecule has 0 amide bonds. The van der Waals surface area contributed by atoms with Crippen LogP contribution in [0.3, 0.4) is 0 Å². The molecule has 0 aliphatic carbocycles. The molecule has 104 valence electrons. The third kappa shape index (κ3) is 2.86. The van der Waals surface area contributed by atoms with E-state index in [1.165, 1.54) is 0 Å². The van der Waals surface area contributed by atoms with Crippen molar-refractivity contribution in [3.8, 4) is 0 Å². The minimum Gasteiger partial charge on any atom is -0.593 e. The van der Waals surface area contributed by atoms with Crippen LogP contribution < -0.4 is 0 Å². The first-order valence-electron chi connectivity index (χ1n) is 6.53. The lowest BCUT2D eigenvalue weighted by Crippen LogP contribution is -2.62. The van der Waals surface area contributed by atoms with Gasteiger partial charge in [0, 0.05) is 12.8 Å². The van der Waals surface area contributed by atoms with Crippen LogP contribution in [0.1, 0.15) is 40.5 Å². The van der Waals surface area contributed by atoms with Gasteiger partial charge in [0.25, 0.3) is 0 Å². The van der Waals surface area contributed by atoms with E-state index in [1.807, 2.05) is 62.3 Å². The van der Waals surface area contributed by atoms with Gasteiger partial charge in [-0.1, -0.05) is 18.2 Å². The van der Waals surface area contributed by atoms with Crippen molar-refractivity contribution in [1.29, 1.82) is 0 Å². The smallest absolute Gasteiger partial charge is 0.174 e. The van der Waals surface area contributed by atoms with E-state index in [-0.39, 0.29) is 16.9 Å². The van der Waals surface area contributed by atoms with Gasteiger partial charge in [0.2, 0.25) is 0 Å². The van der Waals surface area contributed by atoms with Crippen LogP contribution in [-0.2, 0) is 16.2 Å². The first-order valence-corrected chi connectivity index (χ1v) is 7.64. The van der Waals surface area contributed by atoms with Gasteiger partial charge >= 0.3 is 0 Å². The van der Waals surface area contributed by atoms with Crippen LogP contribution in [0, 0.1) is 0 Å². The fraction of sp³-hybridized carbons (Fsp3) is 0.533. The Hall–Kier alpha value is -0.840. The molecule has 1 aromatic carbocycles. The third-order valence-electron chi connectivity index (χ3n) is 3.47. The number of nitrogens with zero attached hydrogens (tertiary/aromatic N) is 1. The molecule has 0 spiro atoms. The Morgan fingerprint density at radius 2 is 1.53 bits per heavy atom. The number of Topliss-reactive ketones (excluding diaryl/α,β-unsaturated/α-hetero) is 1. The molecule has 1 atom stereocenters. The average Bonchev–Trinajstić information content (AvgIpc) is 2.26. The van der Waals surface area contributed by atoms with Gasteiger partial charge in [-0.3, -0.25) is 4.79 Å². The van der Waals surface area contributed by atoms with Gasteiger partial charge in [0.05, 0.1) is 22.4 Å². The van der Waals surface area contributed by atoms with E-state index in [0.717, 1.165) is 4.90 Å². The first kappa shape index (κ1) is 14.6. The molecule has 1 aliphatic heterocycles. The number of hydrogen-bond acceptors (Lipinski definition) is 3. The Kier molecular flexibility index (Phi) is 3.78. The number of hydrogen-bond donors (Lipinski definition) is 0. The molecule has 19 heavy (non-hydrogen) atoms. The molecule has 1 fully saturated rings. The summed E-state index contributed by atoms with van der Waals surface area (Å²) in [6.07, 6.45) is 0.907. The van der Waals surface area contributed by atoms with Gasteiger partial charge in [-0.25, -0.2) is 0 Å². The second-order valence-electron chi connectivity index (χ2n) is 6.37. The summed E-state index contributed by atoms with van der Waals surface area (Å²) in [5, 5.41) is 0. The molecular weight excluding hydrogens is 258 g/mol. The summed E-state index contributed by atoms with van der Waals surface area (Å²) in [6, 6.07) is 9.44. The van der Waals surface area contributed by atoms with Crippen molar-refractivity contribution >= 4 is 17.1 Å². The van der Waals surface area contributed by atoms with E-state index >= 15 is 0 Å². The molecule has 1 heterocycles. The third-order valence-corrected chi connectivity index (χ3v) is 5.47. The summed E-state index contributed by atoms with van der Waals surface area (Å²) in [6.45, 7) is 7.97. The highest BCUT2D eigenvalue weighted by Gasteiger charge is 2.52. The Balaban J connectivity index is 2.38. The van der Waals surface area contributed by atoms with Crippen molar-refractivity contribution in [2.75, 3.05) is 0 Å². The highest BCUT2D eigenvalue weighted by molar-refractivity contribution is 7.89. The Morgan fingerprint density at radius 1 is 1.05 bits per heavy atom. The zero-order valence-electron chi connectivity index (χ0n) is 12.0. The van der Waals surface area contributed by atoms with Gasteiger partial charge in [-0.2, -0.15) is 0 Å². The van der Waals surface area contributed by atoms with Gasteiger partial charge in [0.1, 0.15) is 5.78 Å². The van der Waals surface area contributed by atoms with Gasteiger partial charge in [-0.15, -0.1) is 4.31 Å². The lowest BCUT2D eigenvalue weighted by Gasteiger charge is -2.49. The van der Waals surface area contributed by atoms with Crippen molar-refractivity contribution < 1.29 is 9.35 Å². The fourth-order valence-electron chi connectivity index (χ4n) is 3.08. The van der Waals surface area contributed by atoms with E-state index in [9.17, 15) is 9.35 Å². The van der Waals surface area contributed by atoms with Crippen LogP contribution in [0.15, 0.2) is 35.2 Å². The SMILES string of the molecule is CC1(C)CC(=O)CC(C)(C)N1[S+]([O-])c1ccccc1. The van der Waals surface area contributed by atoms with Crippen LogP contribution in [0.5, 0.6) is 0 Å². The molecule has 0 radical (unpaired) electrons. The highest BCUT2D eigenvalue weighted by Crippen LogP contribution is 2.40. The number of carbonyl (C=O) groups is 1. The summed E-state index contributed by atoms with van der Waals surface area (Å²) >= 11 is -1.24. The molecule has 1 aliphatic rings. The zero-order chi connectivity index (χ0) is 14.3. The molecule has 1 aromatic rings. The van der Waals surface area contributed by atoms with Crippen molar-refractivity contribution in [2.24, 2.45) is 0 Å². The normalized spacial score (nSPS) is 24.2. The minimum absolute atomic E-state index is 0.247. The molecule has 0 N–H and O–H groups in total. The van der Waals surface area contributed by atoms with Crippen molar-refractivity contribution in [2.45, 2.75) is 56.5 Å². The van der Waals surface area contributed by atoms with E-state index < -0.39 is 11.4 Å². The maximum Gasteiger partial charge on any atom is 0.174 e. The molecule has 0 saturated carbocycles. The lowest BCUT2D eigenvalue weighted by atomic mass is 9.82. The maximum absolute atomic E-state index is 12.9. The molecule has 1 unspecified atom stereocenters. The Labute approximate surface area is 118 Å². The largest absolute Gasteiger partial charge is 0.593 e. The van der Waals surface area contributed by atoms with Crippen molar-refractivity contribution in [1.82, 2.24) is 4.31 Å². The van der Waals surface area contributed by atoms with Crippen LogP contribution in [0.4, 0.5) is 0 Å². The van der Waals surface area contributed by atoms with Crippen molar-refractivity contribution in [3.63, 3.8) is 0 Å². The monoisotopic (exact) mass is 279 g/mol. The van der Waals surface area contributed by atoms with Crippen molar-refractivity contribution in [3.05, 3.63) is 30.3 Å². The zero-order valence-corrected chi connectivity index (χ0v) is 12.8. The average molecular weight is 279 g/mol. The number of piperidine rings is 1. The Morgan fingerprint density at radius 3 is 2.00 bits per heavy atom. The van der Waals surface area contributed by atoms with Crippen LogP contribution in [0.25, 0.3) is 0 Å². The number of carbonyl (C=O) groups excluding carboxylic acids is 1. The topological polar surface area (TPSA) is 43.4 Å². The molecule has 1 saturated heterocycles. The number of rotatable bonds is 2. The molecular formula is C15H21NO2S. The maximum atomic E-state index is 12.9. The standard InChI is InChI=1S/C15H21NO2S/c1-14(2)10-12(17)11-15(3,4)16(14)19(18)13-8-6-5-7-9-13/h5-9H,10-11H2,1-4H3. The second-order valence-corrected chi connectivity index (χ2v) is 7.71. The fourth-order valence-corrected chi connectivity index (χ4v) is 4.71. The molecule has 4 heteroatoms. The molecule has 0 aromatic heterocycles. The Bertz CT molecular complexity index is 450. The summed E-state index contributed by atoms with van der Waals surface area (Å²) < 4.78 is 14.8.